The lowest BCUT2D eigenvalue weighted by atomic mass is 10.0. The standard InChI is InChI=1S/C13H7N3O2/c14-15-13-9-5-2-1-4-8(9)12-10(13)6-3-7-11(12)16(17)18/h1-7H. The van der Waals surface area contributed by atoms with Crippen LogP contribution in [0.15, 0.2) is 42.5 Å². The third-order valence-corrected chi connectivity index (χ3v) is 3.05. The third-order valence-electron chi connectivity index (χ3n) is 3.05. The molecule has 2 aromatic carbocycles. The summed E-state index contributed by atoms with van der Waals surface area (Å²) in [6.45, 7) is 0. The zero-order chi connectivity index (χ0) is 12.7. The van der Waals surface area contributed by atoms with Crippen LogP contribution in [0.1, 0.15) is 11.1 Å². The van der Waals surface area contributed by atoms with Gasteiger partial charge in [0.1, 0.15) is 0 Å². The first-order valence-electron chi connectivity index (χ1n) is 5.33. The number of fused-ring (bicyclic) bond motifs is 3. The molecule has 3 rings (SSSR count). The highest BCUT2D eigenvalue weighted by Crippen LogP contribution is 2.41. The van der Waals surface area contributed by atoms with Crippen LogP contribution in [0.4, 0.5) is 5.69 Å². The van der Waals surface area contributed by atoms with E-state index in [-0.39, 0.29) is 5.69 Å². The van der Waals surface area contributed by atoms with Crippen LogP contribution in [0.5, 0.6) is 0 Å². The summed E-state index contributed by atoms with van der Waals surface area (Å²) in [5.74, 6) is 0. The molecule has 0 spiro atoms. The van der Waals surface area contributed by atoms with E-state index in [0.717, 1.165) is 5.56 Å². The van der Waals surface area contributed by atoms with Crippen LogP contribution in [-0.4, -0.2) is 15.4 Å². The van der Waals surface area contributed by atoms with Crippen molar-refractivity contribution >= 4 is 11.4 Å². The average molecular weight is 237 g/mol. The van der Waals surface area contributed by atoms with Gasteiger partial charge in [-0.05, 0) is 12.1 Å². The number of rotatable bonds is 1. The minimum absolute atomic E-state index is 0.0265. The first kappa shape index (κ1) is 10.4. The average Bonchev–Trinajstić information content (AvgIpc) is 2.72. The van der Waals surface area contributed by atoms with Crippen LogP contribution < -0.4 is 0 Å². The van der Waals surface area contributed by atoms with Gasteiger partial charge in [0.05, 0.1) is 21.6 Å². The van der Waals surface area contributed by atoms with Crippen molar-refractivity contribution in [3.05, 3.63) is 69.2 Å². The molecule has 86 valence electrons. The topological polar surface area (TPSA) is 79.5 Å². The van der Waals surface area contributed by atoms with Crippen molar-refractivity contribution in [1.29, 1.82) is 0 Å². The molecule has 0 atom stereocenters. The van der Waals surface area contributed by atoms with Crippen LogP contribution in [0, 0.1) is 10.1 Å². The van der Waals surface area contributed by atoms with E-state index in [2.05, 4.69) is 4.79 Å². The number of nitrogens with zero attached hydrogens (tertiary/aromatic N) is 3. The minimum Gasteiger partial charge on any atom is -0.361 e. The Hall–Kier alpha value is -2.78. The summed E-state index contributed by atoms with van der Waals surface area (Å²) in [7, 11) is 0. The molecule has 1 aliphatic carbocycles. The monoisotopic (exact) mass is 237 g/mol. The second-order valence-corrected chi connectivity index (χ2v) is 3.95. The highest BCUT2D eigenvalue weighted by molar-refractivity contribution is 6.23. The summed E-state index contributed by atoms with van der Waals surface area (Å²) in [5, 5.41) is 11.1. The summed E-state index contributed by atoms with van der Waals surface area (Å²) in [5.41, 5.74) is 12.1. The predicted octanol–water partition coefficient (Wildman–Crippen LogP) is 2.64. The SMILES string of the molecule is [N-]=[N+]=C1c2ccccc2-c2c1cccc2[N+](=O)[O-]. The van der Waals surface area contributed by atoms with Crippen LogP contribution in [0.3, 0.4) is 0 Å². The molecule has 1 aliphatic rings. The maximum absolute atomic E-state index is 11.1. The van der Waals surface area contributed by atoms with Crippen LogP contribution in [0.25, 0.3) is 16.7 Å². The summed E-state index contributed by atoms with van der Waals surface area (Å²) in [6.07, 6.45) is 0. The molecule has 0 heterocycles. The van der Waals surface area contributed by atoms with E-state index in [1.165, 1.54) is 6.07 Å². The Kier molecular flexibility index (Phi) is 2.08. The molecule has 0 aliphatic heterocycles. The van der Waals surface area contributed by atoms with Gasteiger partial charge in [0.15, 0.2) is 0 Å². The number of hydrogen-bond donors (Lipinski definition) is 0. The fourth-order valence-electron chi connectivity index (χ4n) is 2.33. The first-order valence-corrected chi connectivity index (χ1v) is 5.33. The van der Waals surface area contributed by atoms with Gasteiger partial charge in [0.25, 0.3) is 5.69 Å². The maximum atomic E-state index is 11.1. The van der Waals surface area contributed by atoms with Crippen molar-refractivity contribution in [3.63, 3.8) is 0 Å². The van der Waals surface area contributed by atoms with Gasteiger partial charge in [-0.1, -0.05) is 24.3 Å². The van der Waals surface area contributed by atoms with Crippen molar-refractivity contribution in [1.82, 2.24) is 0 Å². The van der Waals surface area contributed by atoms with E-state index in [1.807, 2.05) is 6.07 Å². The molecule has 0 aromatic heterocycles. The lowest BCUT2D eigenvalue weighted by molar-refractivity contribution is -0.384. The van der Waals surface area contributed by atoms with Gasteiger partial charge in [0, 0.05) is 11.6 Å². The van der Waals surface area contributed by atoms with E-state index >= 15 is 0 Å². The fourth-order valence-corrected chi connectivity index (χ4v) is 2.33. The highest BCUT2D eigenvalue weighted by Gasteiger charge is 2.35. The molecule has 0 bridgehead atoms. The summed E-state index contributed by atoms with van der Waals surface area (Å²) in [4.78, 5) is 13.9. The van der Waals surface area contributed by atoms with Crippen molar-refractivity contribution < 1.29 is 9.71 Å². The van der Waals surface area contributed by atoms with Crippen LogP contribution in [0.2, 0.25) is 0 Å². The van der Waals surface area contributed by atoms with Crippen molar-refractivity contribution in [2.45, 2.75) is 0 Å². The largest absolute Gasteiger partial charge is 0.361 e. The van der Waals surface area contributed by atoms with Crippen LogP contribution in [-0.2, 0) is 0 Å². The number of nitro benzene ring substituents is 1. The van der Waals surface area contributed by atoms with Gasteiger partial charge in [0.2, 0.25) is 0 Å². The van der Waals surface area contributed by atoms with E-state index in [1.54, 1.807) is 30.3 Å². The molecule has 18 heavy (non-hydrogen) atoms. The summed E-state index contributed by atoms with van der Waals surface area (Å²) in [6, 6.07) is 12.0. The number of nitro groups is 1. The third kappa shape index (κ3) is 1.22. The van der Waals surface area contributed by atoms with E-state index in [4.69, 9.17) is 5.53 Å². The zero-order valence-corrected chi connectivity index (χ0v) is 9.20. The van der Waals surface area contributed by atoms with E-state index < -0.39 is 4.92 Å². The van der Waals surface area contributed by atoms with Crippen LogP contribution >= 0.6 is 0 Å². The molecule has 0 N–H and O–H groups in total. The Labute approximate surface area is 102 Å². The minimum atomic E-state index is -0.421. The normalized spacial score (nSPS) is 11.7. The lowest BCUT2D eigenvalue weighted by Gasteiger charge is -1.99. The fraction of sp³-hybridized carbons (Fsp3) is 0. The van der Waals surface area contributed by atoms with Crippen molar-refractivity contribution in [2.75, 3.05) is 0 Å². The molecule has 0 amide bonds. The van der Waals surface area contributed by atoms with Gasteiger partial charge < -0.3 is 5.53 Å². The molecule has 5 nitrogen and oxygen atoms in total. The molecule has 0 fully saturated rings. The number of benzene rings is 2. The molecular weight excluding hydrogens is 230 g/mol. The van der Waals surface area contributed by atoms with E-state index in [9.17, 15) is 10.1 Å². The van der Waals surface area contributed by atoms with Crippen molar-refractivity contribution in [3.8, 4) is 11.1 Å². The summed E-state index contributed by atoms with van der Waals surface area (Å²) >= 11 is 0. The van der Waals surface area contributed by atoms with Crippen molar-refractivity contribution in [2.24, 2.45) is 0 Å². The Bertz CT molecular complexity index is 731. The Balaban J connectivity index is 2.47. The quantitative estimate of drug-likeness (QED) is 0.282. The van der Waals surface area contributed by atoms with Gasteiger partial charge in [-0.25, -0.2) is 0 Å². The summed E-state index contributed by atoms with van der Waals surface area (Å²) < 4.78 is 0. The smallest absolute Gasteiger partial charge is 0.331 e. The molecular formula is C13H7N3O2. The predicted molar refractivity (Wildman–Crippen MR) is 65.4 cm³/mol. The molecule has 0 radical (unpaired) electrons. The molecule has 0 unspecified atom stereocenters. The maximum Gasteiger partial charge on any atom is 0.331 e. The molecule has 0 saturated carbocycles. The Morgan fingerprint density at radius 1 is 1.00 bits per heavy atom. The van der Waals surface area contributed by atoms with Gasteiger partial charge in [-0.2, -0.15) is 4.79 Å². The second-order valence-electron chi connectivity index (χ2n) is 3.95. The van der Waals surface area contributed by atoms with E-state index in [0.29, 0.717) is 22.4 Å². The second kappa shape index (κ2) is 3.61. The van der Waals surface area contributed by atoms with Gasteiger partial charge in [-0.3, -0.25) is 10.1 Å². The zero-order valence-electron chi connectivity index (χ0n) is 9.20. The molecule has 0 saturated heterocycles. The first-order chi connectivity index (χ1) is 8.74. The Morgan fingerprint density at radius 3 is 2.33 bits per heavy atom. The Morgan fingerprint density at radius 2 is 1.67 bits per heavy atom. The molecule has 2 aromatic rings. The lowest BCUT2D eigenvalue weighted by Crippen LogP contribution is -1.99. The highest BCUT2D eigenvalue weighted by atomic mass is 16.6. The molecule has 5 heteroatoms. The number of hydrogen-bond acceptors (Lipinski definition) is 2. The van der Waals surface area contributed by atoms with Gasteiger partial charge in [-0.15, -0.1) is 0 Å². The van der Waals surface area contributed by atoms with Gasteiger partial charge >= 0.3 is 5.71 Å².